The van der Waals surface area contributed by atoms with Crippen LogP contribution in [0.5, 0.6) is 0 Å². The lowest BCUT2D eigenvalue weighted by atomic mass is 10.0. The van der Waals surface area contributed by atoms with E-state index in [2.05, 4.69) is 15.4 Å². The molecule has 1 amide bonds. The van der Waals surface area contributed by atoms with Crippen LogP contribution < -0.4 is 10.2 Å². The number of carbonyl (C=O) groups excluding carboxylic acids is 1. The summed E-state index contributed by atoms with van der Waals surface area (Å²) in [6.07, 6.45) is 4.54. The molecule has 126 valence electrons. The van der Waals surface area contributed by atoms with E-state index in [-0.39, 0.29) is 11.8 Å². The van der Waals surface area contributed by atoms with Crippen molar-refractivity contribution in [1.82, 2.24) is 14.8 Å². The summed E-state index contributed by atoms with van der Waals surface area (Å²) in [4.78, 5) is 19.5. The average molecular weight is 327 g/mol. The van der Waals surface area contributed by atoms with Crippen molar-refractivity contribution in [2.75, 3.05) is 36.5 Å². The number of carbonyl (C=O) groups is 1. The van der Waals surface area contributed by atoms with Gasteiger partial charge in [0.25, 0.3) is 5.91 Å². The van der Waals surface area contributed by atoms with Crippen molar-refractivity contribution in [3.8, 4) is 0 Å². The molecule has 7 heteroatoms. The normalized spacial score (nSPS) is 19.9. The van der Waals surface area contributed by atoms with Gasteiger partial charge in [-0.05, 0) is 25.0 Å². The molecule has 1 atom stereocenters. The lowest BCUT2D eigenvalue weighted by Crippen LogP contribution is -2.39. The number of amides is 1. The van der Waals surface area contributed by atoms with Gasteiger partial charge in [0.2, 0.25) is 0 Å². The Balaban J connectivity index is 1.72. The maximum Gasteiger partial charge on any atom is 0.261 e. The number of hydrogen-bond donors (Lipinski definition) is 1. The lowest BCUT2D eigenvalue weighted by Gasteiger charge is -2.30. The van der Waals surface area contributed by atoms with Crippen LogP contribution >= 0.6 is 0 Å². The molecule has 0 radical (unpaired) electrons. The molecule has 7 nitrogen and oxygen atoms in total. The van der Waals surface area contributed by atoms with Gasteiger partial charge in [-0.2, -0.15) is 5.10 Å². The van der Waals surface area contributed by atoms with Crippen LogP contribution in [0.1, 0.15) is 34.0 Å². The standard InChI is InChI=1S/C17H21N5O2/c1-11-7-14-16(19-8-11)18-4-5-22(14)17(23)13-9-21(2)20-15(13)12-3-6-24-10-12/h7-9,12H,3-6,10H2,1-2H3,(H,18,19). The summed E-state index contributed by atoms with van der Waals surface area (Å²) in [5.74, 6) is 0.943. The number of fused-ring (bicyclic) bond motifs is 1. The summed E-state index contributed by atoms with van der Waals surface area (Å²) in [5, 5.41) is 7.80. The summed E-state index contributed by atoms with van der Waals surface area (Å²) >= 11 is 0. The van der Waals surface area contributed by atoms with Gasteiger partial charge in [0.15, 0.2) is 0 Å². The third-order valence-corrected chi connectivity index (χ3v) is 4.57. The zero-order chi connectivity index (χ0) is 16.7. The predicted molar refractivity (Wildman–Crippen MR) is 90.5 cm³/mol. The van der Waals surface area contributed by atoms with E-state index in [1.807, 2.05) is 37.3 Å². The molecule has 2 aromatic heterocycles. The Hall–Kier alpha value is -2.41. The molecule has 1 N–H and O–H groups in total. The highest BCUT2D eigenvalue weighted by atomic mass is 16.5. The maximum absolute atomic E-state index is 13.2. The van der Waals surface area contributed by atoms with E-state index in [0.29, 0.717) is 25.3 Å². The van der Waals surface area contributed by atoms with Crippen molar-refractivity contribution in [2.24, 2.45) is 7.05 Å². The van der Waals surface area contributed by atoms with Crippen LogP contribution in [-0.2, 0) is 11.8 Å². The molecule has 0 saturated carbocycles. The first kappa shape index (κ1) is 15.1. The number of anilines is 2. The Kier molecular flexibility index (Phi) is 3.72. The number of nitrogens with zero attached hydrogens (tertiary/aromatic N) is 4. The van der Waals surface area contributed by atoms with Crippen molar-refractivity contribution in [2.45, 2.75) is 19.3 Å². The predicted octanol–water partition coefficient (Wildman–Crippen LogP) is 1.70. The molecule has 2 aromatic rings. The molecule has 0 bridgehead atoms. The molecule has 4 heterocycles. The van der Waals surface area contributed by atoms with E-state index >= 15 is 0 Å². The van der Waals surface area contributed by atoms with Crippen molar-refractivity contribution in [1.29, 1.82) is 0 Å². The SMILES string of the molecule is Cc1cnc2c(c1)N(C(=O)c1cn(C)nc1C1CCOC1)CCN2. The fraction of sp³-hybridized carbons (Fsp3) is 0.471. The Morgan fingerprint density at radius 2 is 2.33 bits per heavy atom. The molecular formula is C17H21N5O2. The number of aryl methyl sites for hydroxylation is 2. The van der Waals surface area contributed by atoms with Crippen LogP contribution in [0.2, 0.25) is 0 Å². The second-order valence-electron chi connectivity index (χ2n) is 6.43. The van der Waals surface area contributed by atoms with E-state index in [1.54, 1.807) is 4.68 Å². The summed E-state index contributed by atoms with van der Waals surface area (Å²) in [5.41, 5.74) is 3.39. The minimum absolute atomic E-state index is 0.0137. The topological polar surface area (TPSA) is 72.3 Å². The molecule has 1 fully saturated rings. The molecule has 0 aromatic carbocycles. The second kappa shape index (κ2) is 5.90. The lowest BCUT2D eigenvalue weighted by molar-refractivity contribution is 0.0985. The van der Waals surface area contributed by atoms with Crippen molar-refractivity contribution in [3.63, 3.8) is 0 Å². The molecule has 1 unspecified atom stereocenters. The quantitative estimate of drug-likeness (QED) is 0.909. The van der Waals surface area contributed by atoms with Crippen LogP contribution in [0.3, 0.4) is 0 Å². The van der Waals surface area contributed by atoms with Crippen molar-refractivity contribution in [3.05, 3.63) is 35.3 Å². The van der Waals surface area contributed by atoms with Crippen LogP contribution in [0.4, 0.5) is 11.5 Å². The molecular weight excluding hydrogens is 306 g/mol. The van der Waals surface area contributed by atoms with E-state index in [4.69, 9.17) is 4.74 Å². The fourth-order valence-corrected chi connectivity index (χ4v) is 3.38. The maximum atomic E-state index is 13.2. The molecule has 4 rings (SSSR count). The van der Waals surface area contributed by atoms with Gasteiger partial charge in [0, 0.05) is 45.1 Å². The number of aromatic nitrogens is 3. The summed E-state index contributed by atoms with van der Waals surface area (Å²) in [6, 6.07) is 2.00. The van der Waals surface area contributed by atoms with Crippen molar-refractivity contribution < 1.29 is 9.53 Å². The van der Waals surface area contributed by atoms with Gasteiger partial charge in [0.05, 0.1) is 23.6 Å². The molecule has 0 spiro atoms. The number of rotatable bonds is 2. The monoisotopic (exact) mass is 327 g/mol. The van der Waals surface area contributed by atoms with E-state index < -0.39 is 0 Å². The van der Waals surface area contributed by atoms with Gasteiger partial charge in [-0.25, -0.2) is 4.98 Å². The summed E-state index contributed by atoms with van der Waals surface area (Å²) in [7, 11) is 1.85. The smallest absolute Gasteiger partial charge is 0.261 e. The third kappa shape index (κ3) is 2.54. The number of hydrogen-bond acceptors (Lipinski definition) is 5. The Morgan fingerprint density at radius 1 is 1.46 bits per heavy atom. The number of nitrogens with one attached hydrogen (secondary N) is 1. The minimum Gasteiger partial charge on any atom is -0.381 e. The largest absolute Gasteiger partial charge is 0.381 e. The Morgan fingerprint density at radius 3 is 3.12 bits per heavy atom. The van der Waals surface area contributed by atoms with Crippen LogP contribution in [0.25, 0.3) is 0 Å². The van der Waals surface area contributed by atoms with Gasteiger partial charge in [-0.3, -0.25) is 9.48 Å². The molecule has 2 aliphatic heterocycles. The summed E-state index contributed by atoms with van der Waals surface area (Å²) in [6.45, 7) is 4.66. The highest BCUT2D eigenvalue weighted by molar-refractivity contribution is 6.08. The van der Waals surface area contributed by atoms with Gasteiger partial charge in [-0.1, -0.05) is 0 Å². The molecule has 2 aliphatic rings. The Bertz CT molecular complexity index is 779. The van der Waals surface area contributed by atoms with Crippen LogP contribution in [0, 0.1) is 6.92 Å². The second-order valence-corrected chi connectivity index (χ2v) is 6.43. The van der Waals surface area contributed by atoms with Crippen LogP contribution in [0.15, 0.2) is 18.5 Å². The van der Waals surface area contributed by atoms with E-state index in [9.17, 15) is 4.79 Å². The molecule has 0 aliphatic carbocycles. The highest BCUT2D eigenvalue weighted by Gasteiger charge is 2.31. The van der Waals surface area contributed by atoms with Crippen LogP contribution in [-0.4, -0.2) is 47.0 Å². The van der Waals surface area contributed by atoms with Gasteiger partial charge < -0.3 is 15.0 Å². The minimum atomic E-state index is -0.0137. The first-order chi connectivity index (χ1) is 11.6. The highest BCUT2D eigenvalue weighted by Crippen LogP contribution is 2.32. The zero-order valence-electron chi connectivity index (χ0n) is 14.0. The van der Waals surface area contributed by atoms with Gasteiger partial charge in [0.1, 0.15) is 5.82 Å². The third-order valence-electron chi connectivity index (χ3n) is 4.57. The van der Waals surface area contributed by atoms with E-state index in [0.717, 1.165) is 35.8 Å². The van der Waals surface area contributed by atoms with Crippen molar-refractivity contribution >= 4 is 17.4 Å². The van der Waals surface area contributed by atoms with Gasteiger partial charge in [-0.15, -0.1) is 0 Å². The summed E-state index contributed by atoms with van der Waals surface area (Å²) < 4.78 is 7.20. The first-order valence-corrected chi connectivity index (χ1v) is 8.27. The average Bonchev–Trinajstić information content (AvgIpc) is 3.22. The van der Waals surface area contributed by atoms with E-state index in [1.165, 1.54) is 0 Å². The zero-order valence-corrected chi connectivity index (χ0v) is 14.0. The van der Waals surface area contributed by atoms with Gasteiger partial charge >= 0.3 is 0 Å². The first-order valence-electron chi connectivity index (χ1n) is 8.27. The number of ether oxygens (including phenoxy) is 1. The molecule has 24 heavy (non-hydrogen) atoms. The Labute approximate surface area is 140 Å². The molecule has 1 saturated heterocycles. The number of pyridine rings is 1. The fourth-order valence-electron chi connectivity index (χ4n) is 3.38.